The minimum absolute atomic E-state index is 0.180. The van der Waals surface area contributed by atoms with Crippen LogP contribution in [-0.4, -0.2) is 26.9 Å². The standard InChI is InChI=1S/C23H22O5/c1-12(2)18-9-16-17(27-18)6-5-13-7-14-15-8-20(24-3)21(25-4)10-19(15)26-11-22(14)28-23(13)16/h5-10,12,22H,11H2,1-4H3/t22-/m0/s1. The molecule has 5 nitrogen and oxygen atoms in total. The first kappa shape index (κ1) is 17.0. The fourth-order valence-corrected chi connectivity index (χ4v) is 3.86. The van der Waals surface area contributed by atoms with Gasteiger partial charge < -0.3 is 23.4 Å². The van der Waals surface area contributed by atoms with E-state index in [1.807, 2.05) is 24.3 Å². The fourth-order valence-electron chi connectivity index (χ4n) is 3.86. The van der Waals surface area contributed by atoms with Crippen LogP contribution in [0.3, 0.4) is 0 Å². The maximum absolute atomic E-state index is 6.40. The summed E-state index contributed by atoms with van der Waals surface area (Å²) in [5.41, 5.74) is 3.94. The lowest BCUT2D eigenvalue weighted by molar-refractivity contribution is 0.160. The van der Waals surface area contributed by atoms with Crippen molar-refractivity contribution >= 4 is 22.6 Å². The molecule has 0 bridgehead atoms. The molecule has 144 valence electrons. The lowest BCUT2D eigenvalue weighted by atomic mass is 9.92. The molecule has 5 heteroatoms. The Hall–Kier alpha value is -3.08. The number of benzene rings is 2. The van der Waals surface area contributed by atoms with E-state index in [4.69, 9.17) is 23.4 Å². The molecule has 1 atom stereocenters. The van der Waals surface area contributed by atoms with Crippen molar-refractivity contribution in [3.8, 4) is 23.0 Å². The summed E-state index contributed by atoms with van der Waals surface area (Å²) in [7, 11) is 3.26. The molecule has 0 spiro atoms. The minimum atomic E-state index is -0.180. The predicted octanol–water partition coefficient (Wildman–Crippen LogP) is 5.27. The van der Waals surface area contributed by atoms with Crippen LogP contribution in [0.5, 0.6) is 23.0 Å². The maximum Gasteiger partial charge on any atom is 0.164 e. The second-order valence-corrected chi connectivity index (χ2v) is 7.42. The van der Waals surface area contributed by atoms with E-state index in [2.05, 4.69) is 26.0 Å². The van der Waals surface area contributed by atoms with E-state index < -0.39 is 0 Å². The second kappa shape index (κ2) is 6.23. The van der Waals surface area contributed by atoms with Gasteiger partial charge in [0.15, 0.2) is 17.6 Å². The van der Waals surface area contributed by atoms with E-state index >= 15 is 0 Å². The molecule has 2 aliphatic heterocycles. The molecule has 2 aromatic carbocycles. The van der Waals surface area contributed by atoms with Gasteiger partial charge in [-0.25, -0.2) is 0 Å². The van der Waals surface area contributed by atoms with E-state index in [0.29, 0.717) is 24.0 Å². The van der Waals surface area contributed by atoms with Gasteiger partial charge >= 0.3 is 0 Å². The lowest BCUT2D eigenvalue weighted by Gasteiger charge is -2.33. The van der Waals surface area contributed by atoms with Crippen molar-refractivity contribution in [2.75, 3.05) is 20.8 Å². The van der Waals surface area contributed by atoms with Crippen molar-refractivity contribution in [3.05, 3.63) is 47.2 Å². The van der Waals surface area contributed by atoms with Crippen LogP contribution in [0.25, 0.3) is 22.6 Å². The first-order valence-electron chi connectivity index (χ1n) is 9.43. The number of rotatable bonds is 3. The van der Waals surface area contributed by atoms with Gasteiger partial charge in [-0.15, -0.1) is 0 Å². The zero-order chi connectivity index (χ0) is 19.4. The first-order valence-corrected chi connectivity index (χ1v) is 9.43. The average Bonchev–Trinajstić information content (AvgIpc) is 3.16. The van der Waals surface area contributed by atoms with Crippen LogP contribution in [0.1, 0.15) is 36.7 Å². The highest BCUT2D eigenvalue weighted by molar-refractivity contribution is 5.97. The van der Waals surface area contributed by atoms with Crippen molar-refractivity contribution < 1.29 is 23.4 Å². The third-order valence-corrected chi connectivity index (χ3v) is 5.37. The molecule has 5 rings (SSSR count). The number of ether oxygens (including phenoxy) is 4. The number of hydrogen-bond donors (Lipinski definition) is 0. The van der Waals surface area contributed by atoms with E-state index in [0.717, 1.165) is 44.9 Å². The van der Waals surface area contributed by atoms with Crippen molar-refractivity contribution in [2.24, 2.45) is 0 Å². The number of furan rings is 1. The smallest absolute Gasteiger partial charge is 0.164 e. The fraction of sp³-hybridized carbons (Fsp3) is 0.304. The molecule has 0 N–H and O–H groups in total. The Morgan fingerprint density at radius 2 is 1.82 bits per heavy atom. The van der Waals surface area contributed by atoms with Gasteiger partial charge in [-0.05, 0) is 30.3 Å². The van der Waals surface area contributed by atoms with Crippen LogP contribution >= 0.6 is 0 Å². The third kappa shape index (κ3) is 2.46. The van der Waals surface area contributed by atoms with Gasteiger partial charge in [0.25, 0.3) is 0 Å². The van der Waals surface area contributed by atoms with Gasteiger partial charge in [0, 0.05) is 28.7 Å². The summed E-state index contributed by atoms with van der Waals surface area (Å²) in [6, 6.07) is 9.96. The molecule has 0 saturated carbocycles. The van der Waals surface area contributed by atoms with Crippen LogP contribution in [0, 0.1) is 0 Å². The molecule has 0 amide bonds. The van der Waals surface area contributed by atoms with Crippen LogP contribution in [0.2, 0.25) is 0 Å². The van der Waals surface area contributed by atoms with Gasteiger partial charge in [0.2, 0.25) is 0 Å². The maximum atomic E-state index is 6.40. The van der Waals surface area contributed by atoms with Crippen LogP contribution < -0.4 is 18.9 Å². The number of hydrogen-bond acceptors (Lipinski definition) is 5. The largest absolute Gasteiger partial charge is 0.493 e. The molecule has 28 heavy (non-hydrogen) atoms. The van der Waals surface area contributed by atoms with Gasteiger partial charge in [-0.2, -0.15) is 0 Å². The normalized spacial score (nSPS) is 17.2. The summed E-state index contributed by atoms with van der Waals surface area (Å²) < 4.78 is 29.2. The van der Waals surface area contributed by atoms with Gasteiger partial charge in [0.1, 0.15) is 29.4 Å². The van der Waals surface area contributed by atoms with Crippen molar-refractivity contribution in [2.45, 2.75) is 25.9 Å². The Balaban J connectivity index is 1.66. The van der Waals surface area contributed by atoms with Gasteiger partial charge in [-0.3, -0.25) is 0 Å². The molecular weight excluding hydrogens is 356 g/mol. The highest BCUT2D eigenvalue weighted by Crippen LogP contribution is 2.47. The monoisotopic (exact) mass is 378 g/mol. The van der Waals surface area contributed by atoms with Gasteiger partial charge in [0.05, 0.1) is 19.6 Å². The molecule has 0 saturated heterocycles. The van der Waals surface area contributed by atoms with Crippen molar-refractivity contribution in [1.29, 1.82) is 0 Å². The summed E-state index contributed by atoms with van der Waals surface area (Å²) in [5.74, 6) is 4.24. The Kier molecular flexibility index (Phi) is 3.79. The minimum Gasteiger partial charge on any atom is -0.493 e. The molecular formula is C23H22O5. The Bertz CT molecular complexity index is 1110. The molecule has 1 aromatic heterocycles. The van der Waals surface area contributed by atoms with E-state index in [-0.39, 0.29) is 6.10 Å². The summed E-state index contributed by atoms with van der Waals surface area (Å²) in [6.45, 7) is 4.69. The molecule has 0 aliphatic carbocycles. The van der Waals surface area contributed by atoms with Crippen LogP contribution in [0.15, 0.2) is 34.7 Å². The highest BCUT2D eigenvalue weighted by atomic mass is 16.5. The molecule has 0 unspecified atom stereocenters. The predicted molar refractivity (Wildman–Crippen MR) is 108 cm³/mol. The summed E-state index contributed by atoms with van der Waals surface area (Å²) in [4.78, 5) is 0. The zero-order valence-electron chi connectivity index (χ0n) is 16.4. The van der Waals surface area contributed by atoms with Crippen molar-refractivity contribution in [1.82, 2.24) is 0 Å². The SMILES string of the molecule is COc1cc2c(cc1OC)C1=Cc3ccc4oc(C(C)C)cc4c3O[C@H]1CO2. The van der Waals surface area contributed by atoms with Crippen molar-refractivity contribution in [3.63, 3.8) is 0 Å². The molecule has 2 aliphatic rings. The van der Waals surface area contributed by atoms with Gasteiger partial charge in [-0.1, -0.05) is 13.8 Å². The summed E-state index contributed by atoms with van der Waals surface area (Å²) >= 11 is 0. The molecule has 0 radical (unpaired) electrons. The summed E-state index contributed by atoms with van der Waals surface area (Å²) in [5, 5.41) is 1.01. The van der Waals surface area contributed by atoms with E-state index in [9.17, 15) is 0 Å². The quantitative estimate of drug-likeness (QED) is 0.622. The molecule has 0 fully saturated rings. The molecule has 3 aromatic rings. The third-order valence-electron chi connectivity index (χ3n) is 5.37. The first-order chi connectivity index (χ1) is 13.6. The second-order valence-electron chi connectivity index (χ2n) is 7.42. The Morgan fingerprint density at radius 3 is 2.57 bits per heavy atom. The van der Waals surface area contributed by atoms with E-state index in [1.54, 1.807) is 14.2 Å². The highest BCUT2D eigenvalue weighted by Gasteiger charge is 2.33. The zero-order valence-corrected chi connectivity index (χ0v) is 16.4. The Labute approximate surface area is 163 Å². The van der Waals surface area contributed by atoms with E-state index in [1.165, 1.54) is 0 Å². The lowest BCUT2D eigenvalue weighted by Crippen LogP contribution is -2.32. The number of fused-ring (bicyclic) bond motifs is 6. The topological polar surface area (TPSA) is 50.1 Å². The van der Waals surface area contributed by atoms with Crippen LogP contribution in [-0.2, 0) is 0 Å². The summed E-state index contributed by atoms with van der Waals surface area (Å²) in [6.07, 6.45) is 2.00. The average molecular weight is 378 g/mol. The molecule has 3 heterocycles. The number of methoxy groups -OCH3 is 2. The Morgan fingerprint density at radius 1 is 1.04 bits per heavy atom. The van der Waals surface area contributed by atoms with Crippen LogP contribution in [0.4, 0.5) is 0 Å².